The highest BCUT2D eigenvalue weighted by molar-refractivity contribution is 7.15. The Labute approximate surface area is 121 Å². The summed E-state index contributed by atoms with van der Waals surface area (Å²) >= 11 is 7.73. The van der Waals surface area contributed by atoms with Crippen LogP contribution in [-0.2, 0) is 10.6 Å². The normalized spacial score (nSPS) is 20.0. The maximum absolute atomic E-state index is 6.09. The molecule has 0 amide bonds. The zero-order chi connectivity index (χ0) is 13.2. The molecule has 0 spiro atoms. The van der Waals surface area contributed by atoms with Gasteiger partial charge >= 0.3 is 0 Å². The number of thiazole rings is 1. The van der Waals surface area contributed by atoms with Crippen molar-refractivity contribution in [2.45, 2.75) is 18.7 Å². The van der Waals surface area contributed by atoms with Gasteiger partial charge in [-0.05, 0) is 18.8 Å². The number of hydrogen-bond acceptors (Lipinski definition) is 4. The summed E-state index contributed by atoms with van der Waals surface area (Å²) in [5, 5.41) is 2.04. The van der Waals surface area contributed by atoms with Gasteiger partial charge in [0.1, 0.15) is 0 Å². The van der Waals surface area contributed by atoms with Crippen LogP contribution in [0, 0.1) is 5.92 Å². The molecule has 0 aliphatic carbocycles. The fourth-order valence-corrected chi connectivity index (χ4v) is 3.65. The second-order valence-corrected chi connectivity index (χ2v) is 6.18. The molecule has 0 aromatic carbocycles. The molecule has 1 atom stereocenters. The van der Waals surface area contributed by atoms with Gasteiger partial charge in [0.15, 0.2) is 10.8 Å². The zero-order valence-corrected chi connectivity index (χ0v) is 12.6. The van der Waals surface area contributed by atoms with Gasteiger partial charge in [-0.25, -0.2) is 4.98 Å². The smallest absolute Gasteiger partial charge is 0.195 e. The van der Waals surface area contributed by atoms with Gasteiger partial charge in [-0.1, -0.05) is 0 Å². The Morgan fingerprint density at radius 3 is 3.26 bits per heavy atom. The molecule has 1 fully saturated rings. The van der Waals surface area contributed by atoms with Crippen molar-refractivity contribution in [2.24, 2.45) is 5.92 Å². The Morgan fingerprint density at radius 2 is 2.53 bits per heavy atom. The van der Waals surface area contributed by atoms with Gasteiger partial charge in [0.2, 0.25) is 0 Å². The van der Waals surface area contributed by atoms with E-state index >= 15 is 0 Å². The van der Waals surface area contributed by atoms with Gasteiger partial charge in [-0.3, -0.25) is 4.40 Å². The SMILES string of the molecule is CN(CC1CCCOC1)c1nc2sccn2c1CCl. The molecule has 1 aliphatic heterocycles. The van der Waals surface area contributed by atoms with E-state index in [1.54, 1.807) is 11.3 Å². The lowest BCUT2D eigenvalue weighted by molar-refractivity contribution is 0.0576. The first-order valence-corrected chi connectivity index (χ1v) is 8.00. The van der Waals surface area contributed by atoms with Crippen molar-refractivity contribution in [2.75, 3.05) is 31.7 Å². The van der Waals surface area contributed by atoms with E-state index in [-0.39, 0.29) is 0 Å². The Balaban J connectivity index is 1.79. The summed E-state index contributed by atoms with van der Waals surface area (Å²) in [6.07, 6.45) is 4.44. The van der Waals surface area contributed by atoms with Crippen LogP contribution in [-0.4, -0.2) is 36.2 Å². The molecule has 19 heavy (non-hydrogen) atoms. The molecule has 3 heterocycles. The molecule has 1 aliphatic rings. The van der Waals surface area contributed by atoms with Crippen LogP contribution >= 0.6 is 22.9 Å². The first-order valence-electron chi connectivity index (χ1n) is 6.59. The molecule has 3 rings (SSSR count). The van der Waals surface area contributed by atoms with Crippen molar-refractivity contribution in [3.63, 3.8) is 0 Å². The molecular weight excluding hydrogens is 282 g/mol. The lowest BCUT2D eigenvalue weighted by Crippen LogP contribution is -2.31. The molecule has 4 nitrogen and oxygen atoms in total. The fraction of sp³-hybridized carbons (Fsp3) is 0.615. The molecule has 104 valence electrons. The van der Waals surface area contributed by atoms with Crippen LogP contribution < -0.4 is 4.90 Å². The van der Waals surface area contributed by atoms with Crippen LogP contribution in [0.1, 0.15) is 18.5 Å². The quantitative estimate of drug-likeness (QED) is 0.813. The van der Waals surface area contributed by atoms with E-state index in [2.05, 4.69) is 16.3 Å². The fourth-order valence-electron chi connectivity index (χ4n) is 2.68. The number of imidazole rings is 1. The zero-order valence-electron chi connectivity index (χ0n) is 11.0. The summed E-state index contributed by atoms with van der Waals surface area (Å²) in [5.41, 5.74) is 1.08. The highest BCUT2D eigenvalue weighted by Gasteiger charge is 2.20. The first kappa shape index (κ1) is 13.2. The maximum atomic E-state index is 6.09. The summed E-state index contributed by atoms with van der Waals surface area (Å²) in [4.78, 5) is 7.92. The summed E-state index contributed by atoms with van der Waals surface area (Å²) in [5.74, 6) is 2.09. The van der Waals surface area contributed by atoms with Crippen molar-refractivity contribution in [1.82, 2.24) is 9.38 Å². The van der Waals surface area contributed by atoms with E-state index in [1.165, 1.54) is 12.8 Å². The van der Waals surface area contributed by atoms with Gasteiger partial charge in [0.05, 0.1) is 18.2 Å². The lowest BCUT2D eigenvalue weighted by Gasteiger charge is -2.27. The maximum Gasteiger partial charge on any atom is 0.195 e. The minimum absolute atomic E-state index is 0.485. The lowest BCUT2D eigenvalue weighted by atomic mass is 10.0. The summed E-state index contributed by atoms with van der Waals surface area (Å²) in [6.45, 7) is 2.75. The third-order valence-corrected chi connectivity index (χ3v) is 4.62. The van der Waals surface area contributed by atoms with E-state index in [4.69, 9.17) is 21.3 Å². The molecule has 2 aromatic heterocycles. The number of ether oxygens (including phenoxy) is 1. The molecular formula is C13H18ClN3OS. The molecule has 6 heteroatoms. The summed E-state index contributed by atoms with van der Waals surface area (Å²) in [6, 6.07) is 0. The Bertz CT molecular complexity index is 547. The highest BCUT2D eigenvalue weighted by Crippen LogP contribution is 2.26. The van der Waals surface area contributed by atoms with E-state index in [0.717, 1.165) is 36.2 Å². The van der Waals surface area contributed by atoms with Crippen LogP contribution in [0.4, 0.5) is 5.82 Å². The topological polar surface area (TPSA) is 29.8 Å². The molecule has 0 radical (unpaired) electrons. The molecule has 1 saturated heterocycles. The summed E-state index contributed by atoms with van der Waals surface area (Å²) < 4.78 is 7.63. The van der Waals surface area contributed by atoms with E-state index in [1.807, 2.05) is 11.6 Å². The second kappa shape index (κ2) is 5.69. The van der Waals surface area contributed by atoms with Crippen molar-refractivity contribution in [3.05, 3.63) is 17.3 Å². The van der Waals surface area contributed by atoms with Crippen molar-refractivity contribution >= 4 is 33.7 Å². The number of nitrogens with zero attached hydrogens (tertiary/aromatic N) is 3. The van der Waals surface area contributed by atoms with Crippen molar-refractivity contribution < 1.29 is 4.74 Å². The highest BCUT2D eigenvalue weighted by atomic mass is 35.5. The average Bonchev–Trinajstić information content (AvgIpc) is 2.99. The van der Waals surface area contributed by atoms with E-state index in [0.29, 0.717) is 11.8 Å². The number of hydrogen-bond donors (Lipinski definition) is 0. The Hall–Kier alpha value is -0.780. The van der Waals surface area contributed by atoms with Gasteiger partial charge in [0.25, 0.3) is 0 Å². The molecule has 1 unspecified atom stereocenters. The number of anilines is 1. The number of rotatable bonds is 4. The van der Waals surface area contributed by atoms with Crippen molar-refractivity contribution in [3.8, 4) is 0 Å². The third kappa shape index (κ3) is 2.59. The number of aromatic nitrogens is 2. The van der Waals surface area contributed by atoms with E-state index in [9.17, 15) is 0 Å². The minimum atomic E-state index is 0.485. The van der Waals surface area contributed by atoms with Crippen LogP contribution in [0.25, 0.3) is 4.96 Å². The van der Waals surface area contributed by atoms with Crippen molar-refractivity contribution in [1.29, 1.82) is 0 Å². The van der Waals surface area contributed by atoms with Gasteiger partial charge in [-0.2, -0.15) is 0 Å². The monoisotopic (exact) mass is 299 g/mol. The van der Waals surface area contributed by atoms with Crippen LogP contribution in [0.2, 0.25) is 0 Å². The van der Waals surface area contributed by atoms with Crippen LogP contribution in [0.15, 0.2) is 11.6 Å². The first-order chi connectivity index (χ1) is 9.29. The Kier molecular flexibility index (Phi) is 3.96. The third-order valence-electron chi connectivity index (χ3n) is 3.61. The predicted molar refractivity (Wildman–Crippen MR) is 79.4 cm³/mol. The Morgan fingerprint density at radius 1 is 1.63 bits per heavy atom. The molecule has 2 aromatic rings. The van der Waals surface area contributed by atoms with Crippen LogP contribution in [0.3, 0.4) is 0 Å². The van der Waals surface area contributed by atoms with Gasteiger partial charge in [-0.15, -0.1) is 22.9 Å². The second-order valence-electron chi connectivity index (χ2n) is 5.04. The predicted octanol–water partition coefficient (Wildman–Crippen LogP) is 3.00. The number of alkyl halides is 1. The molecule has 0 N–H and O–H groups in total. The molecule has 0 bridgehead atoms. The standard InChI is InChI=1S/C13H18ClN3OS/c1-16(8-10-3-2-5-18-9-10)12-11(7-14)17-4-6-19-13(17)15-12/h4,6,10H,2-3,5,7-9H2,1H3. The number of halogens is 1. The molecule has 0 saturated carbocycles. The van der Waals surface area contributed by atoms with E-state index < -0.39 is 0 Å². The number of fused-ring (bicyclic) bond motifs is 1. The summed E-state index contributed by atoms with van der Waals surface area (Å²) in [7, 11) is 2.09. The largest absolute Gasteiger partial charge is 0.381 e. The van der Waals surface area contributed by atoms with Crippen LogP contribution in [0.5, 0.6) is 0 Å². The van der Waals surface area contributed by atoms with Gasteiger partial charge in [0, 0.05) is 31.8 Å². The average molecular weight is 300 g/mol. The van der Waals surface area contributed by atoms with Gasteiger partial charge < -0.3 is 9.64 Å². The minimum Gasteiger partial charge on any atom is -0.381 e.